The van der Waals surface area contributed by atoms with Crippen molar-refractivity contribution in [2.45, 2.75) is 19.9 Å². The number of benzene rings is 1. The van der Waals surface area contributed by atoms with Gasteiger partial charge in [-0.1, -0.05) is 25.1 Å². The van der Waals surface area contributed by atoms with E-state index in [0.29, 0.717) is 17.4 Å². The van der Waals surface area contributed by atoms with Gasteiger partial charge >= 0.3 is 5.91 Å². The van der Waals surface area contributed by atoms with E-state index in [0.717, 1.165) is 44.7 Å². The van der Waals surface area contributed by atoms with Crippen LogP contribution in [0.3, 0.4) is 0 Å². The molecule has 0 unspecified atom stereocenters. The van der Waals surface area contributed by atoms with E-state index in [-0.39, 0.29) is 5.91 Å². The first-order valence-electron chi connectivity index (χ1n) is 9.81. The zero-order valence-electron chi connectivity index (χ0n) is 17.6. The van der Waals surface area contributed by atoms with Crippen LogP contribution in [-0.4, -0.2) is 51.1 Å². The van der Waals surface area contributed by atoms with Crippen molar-refractivity contribution in [2.24, 2.45) is 7.05 Å². The molecule has 0 aliphatic heterocycles. The van der Waals surface area contributed by atoms with Gasteiger partial charge in [0.1, 0.15) is 17.7 Å². The van der Waals surface area contributed by atoms with E-state index >= 15 is 0 Å². The van der Waals surface area contributed by atoms with E-state index in [2.05, 4.69) is 39.6 Å². The molecule has 1 amide bonds. The van der Waals surface area contributed by atoms with Gasteiger partial charge in [0.2, 0.25) is 0 Å². The zero-order valence-corrected chi connectivity index (χ0v) is 17.6. The summed E-state index contributed by atoms with van der Waals surface area (Å²) in [5, 5.41) is 4.17. The highest BCUT2D eigenvalue weighted by Gasteiger charge is 2.25. The molecule has 0 fully saturated rings. The van der Waals surface area contributed by atoms with Gasteiger partial charge in [-0.05, 0) is 17.7 Å². The molecule has 150 valence electrons. The number of nitrogens with zero attached hydrogens (tertiary/aromatic N) is 4. The second-order valence-electron chi connectivity index (χ2n) is 8.00. The maximum atomic E-state index is 12.2. The summed E-state index contributed by atoms with van der Waals surface area (Å²) in [6.45, 7) is 2.57. The molecule has 0 bridgehead atoms. The minimum absolute atomic E-state index is 0.225. The molecule has 0 saturated heterocycles. The number of anilines is 1. The molecule has 7 nitrogen and oxygen atoms in total. The Kier molecular flexibility index (Phi) is 4.62. The van der Waals surface area contributed by atoms with Gasteiger partial charge in [0.05, 0.1) is 32.4 Å². The Morgan fingerprint density at radius 1 is 1.28 bits per heavy atom. The second kappa shape index (κ2) is 7.00. The second-order valence-corrected chi connectivity index (χ2v) is 8.00. The smallest absolute Gasteiger partial charge is 0.313 e. The Morgan fingerprint density at radius 2 is 2.07 bits per heavy atom. The molecule has 0 saturated carbocycles. The van der Waals surface area contributed by atoms with E-state index in [9.17, 15) is 4.79 Å². The number of carbonyl (C=O) groups is 1. The van der Waals surface area contributed by atoms with Crippen LogP contribution in [0.2, 0.25) is 0 Å². The number of pyridine rings is 1. The molecule has 0 spiro atoms. The van der Waals surface area contributed by atoms with E-state index in [1.165, 1.54) is 0 Å². The number of aromatic amines is 1. The highest BCUT2D eigenvalue weighted by atomic mass is 16.2. The summed E-state index contributed by atoms with van der Waals surface area (Å²) in [6.07, 6.45) is 2.35. The molecule has 29 heavy (non-hydrogen) atoms. The van der Waals surface area contributed by atoms with Gasteiger partial charge in [-0.25, -0.2) is 14.8 Å². The Bertz CT molecular complexity index is 1220. The van der Waals surface area contributed by atoms with Crippen molar-refractivity contribution in [2.75, 3.05) is 26.5 Å². The van der Waals surface area contributed by atoms with Crippen LogP contribution >= 0.6 is 0 Å². The molecule has 7 heteroatoms. The summed E-state index contributed by atoms with van der Waals surface area (Å²) >= 11 is 0. The van der Waals surface area contributed by atoms with Crippen LogP contribution in [0, 0.1) is 0 Å². The fourth-order valence-electron chi connectivity index (χ4n) is 3.94. The summed E-state index contributed by atoms with van der Waals surface area (Å²) in [7, 11) is 7.77. The average molecular weight is 391 g/mol. The molecule has 4 aromatic rings. The molecule has 0 atom stereocenters. The first-order valence-corrected chi connectivity index (χ1v) is 9.81. The molecular weight excluding hydrogens is 364 g/mol. The van der Waals surface area contributed by atoms with Gasteiger partial charge in [0.15, 0.2) is 5.82 Å². The third kappa shape index (κ3) is 3.27. The van der Waals surface area contributed by atoms with E-state index in [1.54, 1.807) is 0 Å². The van der Waals surface area contributed by atoms with Crippen molar-refractivity contribution in [1.82, 2.24) is 19.5 Å². The summed E-state index contributed by atoms with van der Waals surface area (Å²) in [5.41, 5.74) is 5.93. The highest BCUT2D eigenvalue weighted by molar-refractivity contribution is 6.07. The number of H-pyrrole nitrogens is 1. The van der Waals surface area contributed by atoms with Crippen LogP contribution in [0.25, 0.3) is 33.3 Å². The number of carbonyl (C=O) groups excluding carboxylic acids is 1. The molecule has 4 rings (SSSR count). The summed E-state index contributed by atoms with van der Waals surface area (Å²) in [4.78, 5) is 24.9. The molecule has 3 heterocycles. The number of imidazole rings is 1. The minimum atomic E-state index is 0.225. The first-order chi connectivity index (χ1) is 13.8. The SMILES string of the molecule is CCC(=O)[N+](C)(C)Cc1cccc(-c2cc3c(nc(NC)c4ncn(C)c43)[nH]2)c1. The van der Waals surface area contributed by atoms with Gasteiger partial charge in [-0.2, -0.15) is 0 Å². The van der Waals surface area contributed by atoms with E-state index < -0.39 is 0 Å². The van der Waals surface area contributed by atoms with Gasteiger partial charge in [-0.15, -0.1) is 0 Å². The fourth-order valence-corrected chi connectivity index (χ4v) is 3.94. The predicted octanol–water partition coefficient (Wildman–Crippen LogP) is 3.67. The fraction of sp³-hybridized carbons (Fsp3) is 0.318. The number of hydrogen-bond acceptors (Lipinski definition) is 4. The molecule has 1 aromatic carbocycles. The lowest BCUT2D eigenvalue weighted by Crippen LogP contribution is -2.44. The lowest BCUT2D eigenvalue weighted by molar-refractivity contribution is -0.827. The van der Waals surface area contributed by atoms with Crippen molar-refractivity contribution >= 4 is 33.8 Å². The Hall–Kier alpha value is -3.19. The van der Waals surface area contributed by atoms with Gasteiger partial charge < -0.3 is 14.9 Å². The van der Waals surface area contributed by atoms with Crippen molar-refractivity contribution in [1.29, 1.82) is 0 Å². The quantitative estimate of drug-likeness (QED) is 0.509. The van der Waals surface area contributed by atoms with Gasteiger partial charge in [0, 0.05) is 30.7 Å². The molecular formula is C22H27N6O+. The molecule has 0 aliphatic rings. The maximum Gasteiger partial charge on any atom is 0.313 e. The van der Waals surface area contributed by atoms with E-state index in [4.69, 9.17) is 4.98 Å². The number of aromatic nitrogens is 4. The molecule has 0 radical (unpaired) electrons. The van der Waals surface area contributed by atoms with Crippen LogP contribution in [0.4, 0.5) is 5.82 Å². The van der Waals surface area contributed by atoms with Crippen molar-refractivity contribution in [3.63, 3.8) is 0 Å². The largest absolute Gasteiger partial charge is 0.371 e. The maximum absolute atomic E-state index is 12.2. The number of hydrogen-bond donors (Lipinski definition) is 2. The lowest BCUT2D eigenvalue weighted by atomic mass is 10.1. The monoisotopic (exact) mass is 391 g/mol. The number of quaternary nitrogens is 1. The van der Waals surface area contributed by atoms with Crippen LogP contribution < -0.4 is 5.32 Å². The molecule has 0 aliphatic carbocycles. The third-order valence-corrected chi connectivity index (χ3v) is 5.47. The van der Waals surface area contributed by atoms with Crippen LogP contribution in [-0.2, 0) is 18.4 Å². The normalized spacial score (nSPS) is 12.0. The Balaban J connectivity index is 1.79. The predicted molar refractivity (Wildman–Crippen MR) is 116 cm³/mol. The number of rotatable bonds is 5. The number of fused-ring (bicyclic) bond motifs is 3. The Morgan fingerprint density at radius 3 is 2.79 bits per heavy atom. The number of amides is 1. The first kappa shape index (κ1) is 19.1. The number of aryl methyl sites for hydroxylation is 1. The summed E-state index contributed by atoms with van der Waals surface area (Å²) in [5.74, 6) is 0.982. The lowest BCUT2D eigenvalue weighted by Gasteiger charge is -2.26. The Labute approximate surface area is 170 Å². The van der Waals surface area contributed by atoms with Crippen LogP contribution in [0.5, 0.6) is 0 Å². The number of nitrogens with one attached hydrogen (secondary N) is 2. The molecule has 3 aromatic heterocycles. The van der Waals surface area contributed by atoms with Crippen LogP contribution in [0.1, 0.15) is 18.9 Å². The molecule has 2 N–H and O–H groups in total. The van der Waals surface area contributed by atoms with Crippen molar-refractivity contribution < 1.29 is 9.28 Å². The zero-order chi connectivity index (χ0) is 20.8. The van der Waals surface area contributed by atoms with Crippen LogP contribution in [0.15, 0.2) is 36.7 Å². The van der Waals surface area contributed by atoms with E-state index in [1.807, 2.05) is 52.1 Å². The highest BCUT2D eigenvalue weighted by Crippen LogP contribution is 2.32. The average Bonchev–Trinajstić information content (AvgIpc) is 3.30. The third-order valence-electron chi connectivity index (χ3n) is 5.47. The van der Waals surface area contributed by atoms with Crippen molar-refractivity contribution in [3.05, 3.63) is 42.2 Å². The summed E-state index contributed by atoms with van der Waals surface area (Å²) in [6, 6.07) is 10.5. The minimum Gasteiger partial charge on any atom is -0.371 e. The van der Waals surface area contributed by atoms with Gasteiger partial charge in [-0.3, -0.25) is 4.48 Å². The summed E-state index contributed by atoms with van der Waals surface area (Å²) < 4.78 is 2.36. The van der Waals surface area contributed by atoms with Gasteiger partial charge in [0.25, 0.3) is 0 Å². The standard InChI is InChI=1S/C22H27N6O/c1-6-18(29)28(4,5)12-14-8-7-9-15(10-14)17-11-16-20-19(24-13-27(20)3)22(23-2)26-21(16)25-17/h7-11,13H,6,12H2,1-5H3,(H2,23,25,26)/q+1. The van der Waals surface area contributed by atoms with Crippen molar-refractivity contribution in [3.8, 4) is 11.3 Å². The topological polar surface area (TPSA) is 75.6 Å².